The van der Waals surface area contributed by atoms with Gasteiger partial charge in [-0.05, 0) is 6.04 Å². The predicted molar refractivity (Wildman–Crippen MR) is 62.6 cm³/mol. The lowest BCUT2D eigenvalue weighted by atomic mass is 10.3. The van der Waals surface area contributed by atoms with E-state index < -0.39 is 20.2 Å². The van der Waals surface area contributed by atoms with Gasteiger partial charge in [0.25, 0.3) is 5.91 Å². The second kappa shape index (κ2) is 5.31. The van der Waals surface area contributed by atoms with Crippen molar-refractivity contribution in [2.45, 2.75) is 31.7 Å². The van der Waals surface area contributed by atoms with Crippen molar-refractivity contribution < 1.29 is 14.3 Å². The van der Waals surface area contributed by atoms with Crippen molar-refractivity contribution in [1.29, 1.82) is 0 Å². The third-order valence-electron chi connectivity index (χ3n) is 2.21. The highest BCUT2D eigenvalue weighted by molar-refractivity contribution is 6.76. The van der Waals surface area contributed by atoms with E-state index in [9.17, 15) is 9.59 Å². The molecule has 1 heterocycles. The SMILES string of the molecule is C[Si](C)(C)CCOC(=O)NC1CNNC1=O. The van der Waals surface area contributed by atoms with Crippen LogP contribution in [-0.2, 0) is 9.53 Å². The van der Waals surface area contributed by atoms with Crippen molar-refractivity contribution in [2.75, 3.05) is 13.2 Å². The van der Waals surface area contributed by atoms with E-state index in [4.69, 9.17) is 4.74 Å². The number of hydrazine groups is 1. The average molecular weight is 245 g/mol. The Hall–Kier alpha value is -1.08. The van der Waals surface area contributed by atoms with Crippen LogP contribution in [0.3, 0.4) is 0 Å². The summed E-state index contributed by atoms with van der Waals surface area (Å²) in [6, 6.07) is 0.398. The Morgan fingerprint density at radius 1 is 1.56 bits per heavy atom. The van der Waals surface area contributed by atoms with Crippen molar-refractivity contribution in [3.63, 3.8) is 0 Å². The quantitative estimate of drug-likeness (QED) is 0.612. The van der Waals surface area contributed by atoms with Gasteiger partial charge in [0.05, 0.1) is 6.61 Å². The van der Waals surface area contributed by atoms with E-state index in [1.54, 1.807) is 0 Å². The van der Waals surface area contributed by atoms with E-state index in [2.05, 4.69) is 35.8 Å². The summed E-state index contributed by atoms with van der Waals surface area (Å²) < 4.78 is 5.01. The largest absolute Gasteiger partial charge is 0.450 e. The molecular formula is C9H19N3O3Si. The number of nitrogens with one attached hydrogen (secondary N) is 3. The van der Waals surface area contributed by atoms with Crippen LogP contribution < -0.4 is 16.2 Å². The standard InChI is InChI=1S/C9H19N3O3Si/c1-16(2,3)5-4-15-9(14)11-7-6-10-12-8(7)13/h7,10H,4-6H2,1-3H3,(H,11,14)(H,12,13). The van der Waals surface area contributed by atoms with Gasteiger partial charge in [-0.1, -0.05) is 19.6 Å². The third kappa shape index (κ3) is 4.62. The van der Waals surface area contributed by atoms with Crippen molar-refractivity contribution in [2.24, 2.45) is 0 Å². The molecule has 1 aliphatic rings. The number of carbonyl (C=O) groups excluding carboxylic acids is 2. The van der Waals surface area contributed by atoms with Crippen LogP contribution in [0, 0.1) is 0 Å². The Balaban J connectivity index is 2.18. The Labute approximate surface area is 96.1 Å². The average Bonchev–Trinajstić information content (AvgIpc) is 2.49. The fraction of sp³-hybridized carbons (Fsp3) is 0.778. The number of amides is 2. The first-order valence-electron chi connectivity index (χ1n) is 5.34. The molecule has 3 N–H and O–H groups in total. The molecule has 1 rings (SSSR count). The number of ether oxygens (including phenoxy) is 1. The van der Waals surface area contributed by atoms with Gasteiger partial charge in [-0.2, -0.15) is 0 Å². The summed E-state index contributed by atoms with van der Waals surface area (Å²) >= 11 is 0. The molecule has 0 saturated carbocycles. The highest BCUT2D eigenvalue weighted by atomic mass is 28.3. The molecule has 1 atom stereocenters. The Morgan fingerprint density at radius 3 is 2.75 bits per heavy atom. The van der Waals surface area contributed by atoms with Crippen molar-refractivity contribution in [1.82, 2.24) is 16.2 Å². The van der Waals surface area contributed by atoms with E-state index in [-0.39, 0.29) is 5.91 Å². The van der Waals surface area contributed by atoms with Gasteiger partial charge >= 0.3 is 6.09 Å². The number of alkyl carbamates (subject to hydrolysis) is 1. The Kier molecular flexibility index (Phi) is 4.31. The fourth-order valence-electron chi connectivity index (χ4n) is 1.17. The van der Waals surface area contributed by atoms with Gasteiger partial charge in [-0.3, -0.25) is 10.2 Å². The summed E-state index contributed by atoms with van der Waals surface area (Å²) in [7, 11) is -1.18. The van der Waals surface area contributed by atoms with Crippen molar-refractivity contribution >= 4 is 20.1 Å². The van der Waals surface area contributed by atoms with Gasteiger partial charge in [-0.15, -0.1) is 0 Å². The number of hydrogen-bond acceptors (Lipinski definition) is 4. The minimum atomic E-state index is -1.18. The molecule has 0 aromatic heterocycles. The normalized spacial score (nSPS) is 20.4. The highest BCUT2D eigenvalue weighted by Gasteiger charge is 2.26. The van der Waals surface area contributed by atoms with Crippen molar-refractivity contribution in [3.8, 4) is 0 Å². The summed E-state index contributed by atoms with van der Waals surface area (Å²) in [6.45, 7) is 7.44. The zero-order chi connectivity index (χ0) is 12.2. The number of hydrogen-bond donors (Lipinski definition) is 3. The molecule has 1 saturated heterocycles. The van der Waals surface area contributed by atoms with E-state index in [0.717, 1.165) is 6.04 Å². The van der Waals surface area contributed by atoms with E-state index in [1.807, 2.05) is 0 Å². The van der Waals surface area contributed by atoms with Crippen molar-refractivity contribution in [3.05, 3.63) is 0 Å². The zero-order valence-electron chi connectivity index (χ0n) is 9.92. The van der Waals surface area contributed by atoms with Crippen LogP contribution in [0.15, 0.2) is 0 Å². The Morgan fingerprint density at radius 2 is 2.25 bits per heavy atom. The topological polar surface area (TPSA) is 79.5 Å². The summed E-state index contributed by atoms with van der Waals surface area (Å²) in [5, 5.41) is 2.49. The molecule has 0 aliphatic carbocycles. The highest BCUT2D eigenvalue weighted by Crippen LogP contribution is 2.07. The summed E-state index contributed by atoms with van der Waals surface area (Å²) in [6.07, 6.45) is -0.526. The third-order valence-corrected chi connectivity index (χ3v) is 3.92. The molecule has 0 spiro atoms. The smallest absolute Gasteiger partial charge is 0.407 e. The lowest BCUT2D eigenvalue weighted by molar-refractivity contribution is -0.121. The first kappa shape index (κ1) is 13.0. The number of carbonyl (C=O) groups is 2. The maximum Gasteiger partial charge on any atom is 0.407 e. The maximum absolute atomic E-state index is 11.3. The zero-order valence-corrected chi connectivity index (χ0v) is 10.9. The predicted octanol–water partition coefficient (Wildman–Crippen LogP) is 0.0538. The molecular weight excluding hydrogens is 226 g/mol. The van der Waals surface area contributed by atoms with Gasteiger partial charge < -0.3 is 10.1 Å². The molecule has 0 aromatic carbocycles. The molecule has 7 heteroatoms. The summed E-state index contributed by atoms with van der Waals surface area (Å²) in [5.74, 6) is -0.234. The minimum absolute atomic E-state index is 0.234. The van der Waals surface area contributed by atoms with Crippen LogP contribution in [0.4, 0.5) is 4.79 Å². The van der Waals surface area contributed by atoms with Crippen LogP contribution in [0.1, 0.15) is 0 Å². The maximum atomic E-state index is 11.3. The second-order valence-corrected chi connectivity index (χ2v) is 10.6. The minimum Gasteiger partial charge on any atom is -0.450 e. The lowest BCUT2D eigenvalue weighted by Gasteiger charge is -2.16. The van der Waals surface area contributed by atoms with Gasteiger partial charge in [0.1, 0.15) is 6.04 Å². The first-order valence-corrected chi connectivity index (χ1v) is 9.05. The fourth-order valence-corrected chi connectivity index (χ4v) is 1.88. The first-order chi connectivity index (χ1) is 7.38. The van der Waals surface area contributed by atoms with E-state index in [1.165, 1.54) is 0 Å². The molecule has 6 nitrogen and oxygen atoms in total. The monoisotopic (exact) mass is 245 g/mol. The van der Waals surface area contributed by atoms with Crippen LogP contribution in [0.5, 0.6) is 0 Å². The number of rotatable bonds is 4. The molecule has 0 aromatic rings. The van der Waals surface area contributed by atoms with Gasteiger partial charge in [-0.25, -0.2) is 10.2 Å². The molecule has 1 fully saturated rings. The van der Waals surface area contributed by atoms with Gasteiger partial charge in [0.2, 0.25) is 0 Å². The molecule has 0 bridgehead atoms. The van der Waals surface area contributed by atoms with Gasteiger partial charge in [0.15, 0.2) is 0 Å². The molecule has 1 aliphatic heterocycles. The van der Waals surface area contributed by atoms with Crippen LogP contribution in [0.2, 0.25) is 25.7 Å². The molecule has 16 heavy (non-hydrogen) atoms. The van der Waals surface area contributed by atoms with Crippen LogP contribution >= 0.6 is 0 Å². The van der Waals surface area contributed by atoms with E-state index >= 15 is 0 Å². The Bertz CT molecular complexity index is 278. The molecule has 2 amide bonds. The van der Waals surface area contributed by atoms with Crippen LogP contribution in [-0.4, -0.2) is 39.3 Å². The van der Waals surface area contributed by atoms with Gasteiger partial charge in [0, 0.05) is 14.6 Å². The van der Waals surface area contributed by atoms with E-state index in [0.29, 0.717) is 13.2 Å². The lowest BCUT2D eigenvalue weighted by Crippen LogP contribution is -2.42. The molecule has 1 unspecified atom stereocenters. The molecule has 0 radical (unpaired) electrons. The second-order valence-electron chi connectivity index (χ2n) is 5.01. The summed E-state index contributed by atoms with van der Waals surface area (Å²) in [4.78, 5) is 22.4. The molecule has 92 valence electrons. The summed E-state index contributed by atoms with van der Waals surface area (Å²) in [5.41, 5.74) is 5.05. The van der Waals surface area contributed by atoms with Crippen LogP contribution in [0.25, 0.3) is 0 Å².